The monoisotopic (exact) mass is 397 g/mol. The van der Waals surface area contributed by atoms with Gasteiger partial charge in [-0.2, -0.15) is 0 Å². The standard InChI is InChI=1S/C17H24ClN5O2S/c1-12(22(2)3)16-20-21-17(26-11-15(24)19-9-10-25-4)23(16)14-7-5-13(18)6-8-14/h5-8,12H,9-11H2,1-4H3,(H,19,24). The number of nitrogens with zero attached hydrogens (tertiary/aromatic N) is 4. The molecule has 9 heteroatoms. The van der Waals surface area contributed by atoms with Gasteiger partial charge in [-0.15, -0.1) is 10.2 Å². The Morgan fingerprint density at radius 2 is 2.04 bits per heavy atom. The highest BCUT2D eigenvalue weighted by Crippen LogP contribution is 2.27. The Morgan fingerprint density at radius 3 is 2.65 bits per heavy atom. The Kier molecular flexibility index (Phi) is 7.89. The molecule has 0 bridgehead atoms. The molecule has 1 aromatic heterocycles. The minimum Gasteiger partial charge on any atom is -0.383 e. The summed E-state index contributed by atoms with van der Waals surface area (Å²) in [7, 11) is 5.58. The normalized spacial score (nSPS) is 12.4. The summed E-state index contributed by atoms with van der Waals surface area (Å²) in [6.07, 6.45) is 0. The fourth-order valence-corrected chi connectivity index (χ4v) is 3.10. The lowest BCUT2D eigenvalue weighted by molar-refractivity contribution is -0.118. The van der Waals surface area contributed by atoms with Gasteiger partial charge in [-0.3, -0.25) is 14.3 Å². The van der Waals surface area contributed by atoms with Crippen LogP contribution >= 0.6 is 23.4 Å². The van der Waals surface area contributed by atoms with E-state index in [9.17, 15) is 4.79 Å². The lowest BCUT2D eigenvalue weighted by Crippen LogP contribution is -2.28. The Morgan fingerprint density at radius 1 is 1.35 bits per heavy atom. The van der Waals surface area contributed by atoms with Crippen LogP contribution in [0.2, 0.25) is 5.02 Å². The van der Waals surface area contributed by atoms with Gasteiger partial charge in [0.2, 0.25) is 5.91 Å². The van der Waals surface area contributed by atoms with E-state index in [2.05, 4.69) is 27.3 Å². The average Bonchev–Trinajstić information content (AvgIpc) is 3.04. The number of carbonyl (C=O) groups excluding carboxylic acids is 1. The molecule has 0 aliphatic carbocycles. The molecule has 0 radical (unpaired) electrons. The molecule has 1 aromatic carbocycles. The number of ether oxygens (including phenoxy) is 1. The molecule has 142 valence electrons. The highest BCUT2D eigenvalue weighted by atomic mass is 35.5. The van der Waals surface area contributed by atoms with Crippen LogP contribution < -0.4 is 5.32 Å². The van der Waals surface area contributed by atoms with Crippen molar-refractivity contribution in [2.75, 3.05) is 40.1 Å². The van der Waals surface area contributed by atoms with Crippen LogP contribution in [-0.2, 0) is 9.53 Å². The van der Waals surface area contributed by atoms with E-state index in [1.54, 1.807) is 7.11 Å². The molecule has 1 unspecified atom stereocenters. The van der Waals surface area contributed by atoms with Gasteiger partial charge in [0.05, 0.1) is 18.4 Å². The van der Waals surface area contributed by atoms with Crippen molar-refractivity contribution < 1.29 is 9.53 Å². The quantitative estimate of drug-likeness (QED) is 0.517. The largest absolute Gasteiger partial charge is 0.383 e. The minimum atomic E-state index is -0.0695. The Hall–Kier alpha value is -1.61. The first kappa shape index (κ1) is 20.7. The zero-order valence-electron chi connectivity index (χ0n) is 15.4. The zero-order valence-corrected chi connectivity index (χ0v) is 17.0. The van der Waals surface area contributed by atoms with Crippen LogP contribution in [0.1, 0.15) is 18.8 Å². The first-order chi connectivity index (χ1) is 12.4. The number of benzene rings is 1. The van der Waals surface area contributed by atoms with E-state index in [0.717, 1.165) is 11.5 Å². The van der Waals surface area contributed by atoms with E-state index >= 15 is 0 Å². The van der Waals surface area contributed by atoms with Crippen molar-refractivity contribution in [3.63, 3.8) is 0 Å². The fraction of sp³-hybridized carbons (Fsp3) is 0.471. The highest BCUT2D eigenvalue weighted by Gasteiger charge is 2.21. The molecule has 2 rings (SSSR count). The second kappa shape index (κ2) is 9.91. The van der Waals surface area contributed by atoms with E-state index in [1.807, 2.05) is 42.9 Å². The number of hydrogen-bond acceptors (Lipinski definition) is 6. The van der Waals surface area contributed by atoms with Crippen molar-refractivity contribution in [3.8, 4) is 5.69 Å². The van der Waals surface area contributed by atoms with Crippen LogP contribution in [-0.4, -0.2) is 65.7 Å². The van der Waals surface area contributed by atoms with Crippen molar-refractivity contribution in [2.45, 2.75) is 18.1 Å². The number of hydrogen-bond donors (Lipinski definition) is 1. The minimum absolute atomic E-state index is 0.0584. The van der Waals surface area contributed by atoms with Gasteiger partial charge >= 0.3 is 0 Å². The van der Waals surface area contributed by atoms with Gasteiger partial charge in [0, 0.05) is 24.4 Å². The third-order valence-corrected chi connectivity index (χ3v) is 5.03. The van der Waals surface area contributed by atoms with Gasteiger partial charge in [0.1, 0.15) is 0 Å². The van der Waals surface area contributed by atoms with E-state index in [0.29, 0.717) is 23.3 Å². The molecule has 0 saturated heterocycles. The van der Waals surface area contributed by atoms with Gasteiger partial charge in [-0.1, -0.05) is 23.4 Å². The molecule has 0 spiro atoms. The molecule has 0 fully saturated rings. The summed E-state index contributed by atoms with van der Waals surface area (Å²) in [5.74, 6) is 0.991. The van der Waals surface area contributed by atoms with Crippen molar-refractivity contribution in [1.82, 2.24) is 25.0 Å². The Labute approximate surface area is 163 Å². The van der Waals surface area contributed by atoms with E-state index in [-0.39, 0.29) is 17.7 Å². The lowest BCUT2D eigenvalue weighted by Gasteiger charge is -2.20. The van der Waals surface area contributed by atoms with Crippen LogP contribution in [0.15, 0.2) is 29.4 Å². The maximum Gasteiger partial charge on any atom is 0.230 e. The summed E-state index contributed by atoms with van der Waals surface area (Å²) in [4.78, 5) is 14.0. The highest BCUT2D eigenvalue weighted by molar-refractivity contribution is 7.99. The molecule has 26 heavy (non-hydrogen) atoms. The van der Waals surface area contributed by atoms with Crippen molar-refractivity contribution >= 4 is 29.3 Å². The van der Waals surface area contributed by atoms with Gasteiger partial charge in [-0.05, 0) is 45.3 Å². The number of amides is 1. The number of rotatable bonds is 9. The number of aromatic nitrogens is 3. The molecule has 0 aliphatic rings. The molecular formula is C17H24ClN5O2S. The maximum atomic E-state index is 12.0. The first-order valence-corrected chi connectivity index (χ1v) is 9.56. The number of carbonyl (C=O) groups is 1. The summed E-state index contributed by atoms with van der Waals surface area (Å²) >= 11 is 7.36. The number of thioether (sulfide) groups is 1. The van der Waals surface area contributed by atoms with Gasteiger partial charge < -0.3 is 10.1 Å². The molecule has 2 aromatic rings. The molecule has 1 atom stereocenters. The Bertz CT molecular complexity index is 720. The third-order valence-electron chi connectivity index (χ3n) is 3.85. The van der Waals surface area contributed by atoms with Gasteiger partial charge in [-0.25, -0.2) is 0 Å². The van der Waals surface area contributed by atoms with Crippen LogP contribution in [0.5, 0.6) is 0 Å². The summed E-state index contributed by atoms with van der Waals surface area (Å²) in [5, 5.41) is 12.8. The molecule has 7 nitrogen and oxygen atoms in total. The number of nitrogens with one attached hydrogen (secondary N) is 1. The molecule has 1 N–H and O–H groups in total. The zero-order chi connectivity index (χ0) is 19.1. The van der Waals surface area contributed by atoms with Crippen LogP contribution in [0, 0.1) is 0 Å². The predicted molar refractivity (Wildman–Crippen MR) is 104 cm³/mol. The third kappa shape index (κ3) is 5.44. The lowest BCUT2D eigenvalue weighted by atomic mass is 10.2. The van der Waals surface area contributed by atoms with Crippen LogP contribution in [0.25, 0.3) is 5.69 Å². The molecule has 1 heterocycles. The molecular weight excluding hydrogens is 374 g/mol. The average molecular weight is 398 g/mol. The Balaban J connectivity index is 2.23. The summed E-state index contributed by atoms with van der Waals surface area (Å²) in [6.45, 7) is 3.03. The van der Waals surface area contributed by atoms with E-state index in [4.69, 9.17) is 16.3 Å². The number of methoxy groups -OCH3 is 1. The van der Waals surface area contributed by atoms with Crippen LogP contribution in [0.3, 0.4) is 0 Å². The fourth-order valence-electron chi connectivity index (χ4n) is 2.18. The number of halogens is 1. The van der Waals surface area contributed by atoms with Crippen molar-refractivity contribution in [3.05, 3.63) is 35.1 Å². The van der Waals surface area contributed by atoms with Gasteiger partial charge in [0.25, 0.3) is 0 Å². The summed E-state index contributed by atoms with van der Waals surface area (Å²) < 4.78 is 6.90. The van der Waals surface area contributed by atoms with E-state index in [1.165, 1.54) is 11.8 Å². The summed E-state index contributed by atoms with van der Waals surface area (Å²) in [5.41, 5.74) is 0.908. The van der Waals surface area contributed by atoms with E-state index < -0.39 is 0 Å². The van der Waals surface area contributed by atoms with Crippen molar-refractivity contribution in [2.24, 2.45) is 0 Å². The first-order valence-electron chi connectivity index (χ1n) is 8.20. The predicted octanol–water partition coefficient (Wildman–Crippen LogP) is 2.40. The van der Waals surface area contributed by atoms with Gasteiger partial charge in [0.15, 0.2) is 11.0 Å². The van der Waals surface area contributed by atoms with Crippen LogP contribution in [0.4, 0.5) is 0 Å². The maximum absolute atomic E-state index is 12.0. The van der Waals surface area contributed by atoms with Crippen molar-refractivity contribution in [1.29, 1.82) is 0 Å². The smallest absolute Gasteiger partial charge is 0.230 e. The topological polar surface area (TPSA) is 72.3 Å². The molecule has 0 aliphatic heterocycles. The molecule has 1 amide bonds. The summed E-state index contributed by atoms with van der Waals surface area (Å²) in [6, 6.07) is 7.54. The SMILES string of the molecule is COCCNC(=O)CSc1nnc(C(C)N(C)C)n1-c1ccc(Cl)cc1. The second-order valence-electron chi connectivity index (χ2n) is 5.92. The second-order valence-corrected chi connectivity index (χ2v) is 7.30. The molecule has 0 saturated carbocycles.